The molecule has 0 spiro atoms. The summed E-state index contributed by atoms with van der Waals surface area (Å²) >= 11 is 0. The summed E-state index contributed by atoms with van der Waals surface area (Å²) in [5.41, 5.74) is 0.927. The number of nitrogens with one attached hydrogen (secondary N) is 1. The summed E-state index contributed by atoms with van der Waals surface area (Å²) < 4.78 is 16.6. The van der Waals surface area contributed by atoms with Crippen LogP contribution in [0.15, 0.2) is 91.0 Å². The van der Waals surface area contributed by atoms with E-state index in [1.165, 1.54) is 24.3 Å². The number of aromatic hydroxyl groups is 1. The first-order valence-electron chi connectivity index (χ1n) is 14.5. The zero-order valence-corrected chi connectivity index (χ0v) is 24.2. The van der Waals surface area contributed by atoms with Crippen LogP contribution in [0.4, 0.5) is 5.69 Å². The number of phenols is 1. The Morgan fingerprint density at radius 1 is 0.932 bits per heavy atom. The molecule has 10 heteroatoms. The number of hydrogen-bond acceptors (Lipinski definition) is 9. The lowest BCUT2D eigenvalue weighted by atomic mass is 9.99. The summed E-state index contributed by atoms with van der Waals surface area (Å²) in [5, 5.41) is 32.6. The number of aliphatic hydroxyl groups is 2. The molecule has 0 radical (unpaired) electrons. The van der Waals surface area contributed by atoms with Crippen molar-refractivity contribution in [1.29, 1.82) is 0 Å². The lowest BCUT2D eigenvalue weighted by molar-refractivity contribution is -0.134. The van der Waals surface area contributed by atoms with E-state index in [1.807, 2.05) is 30.4 Å². The zero-order chi connectivity index (χ0) is 31.3. The number of carbonyl (C=O) groups excluding carboxylic acids is 3. The predicted octanol–water partition coefficient (Wildman–Crippen LogP) is 4.44. The van der Waals surface area contributed by atoms with Crippen molar-refractivity contribution in [3.63, 3.8) is 0 Å². The number of ketones is 1. The van der Waals surface area contributed by atoms with Crippen LogP contribution in [0.25, 0.3) is 0 Å². The van der Waals surface area contributed by atoms with Crippen molar-refractivity contribution in [1.82, 2.24) is 0 Å². The number of amides is 1. The first-order chi connectivity index (χ1) is 21.3. The molecule has 1 aliphatic rings. The smallest absolute Gasteiger partial charge is 0.311 e. The highest BCUT2D eigenvalue weighted by atomic mass is 16.5. The maximum absolute atomic E-state index is 12.4. The van der Waals surface area contributed by atoms with E-state index in [0.29, 0.717) is 42.0 Å². The van der Waals surface area contributed by atoms with Crippen LogP contribution in [-0.2, 0) is 14.3 Å². The van der Waals surface area contributed by atoms with Crippen molar-refractivity contribution in [2.24, 2.45) is 5.92 Å². The summed E-state index contributed by atoms with van der Waals surface area (Å²) in [6.45, 7) is -0.0409. The normalized spacial score (nSPS) is 18.7. The molecule has 1 unspecified atom stereocenters. The van der Waals surface area contributed by atoms with Gasteiger partial charge in [0.05, 0.1) is 18.8 Å². The molecule has 4 atom stereocenters. The number of benzene rings is 3. The maximum Gasteiger partial charge on any atom is 0.311 e. The van der Waals surface area contributed by atoms with Crippen LogP contribution in [0.1, 0.15) is 42.5 Å². The second kappa shape index (κ2) is 16.4. The van der Waals surface area contributed by atoms with E-state index in [2.05, 4.69) is 5.32 Å². The summed E-state index contributed by atoms with van der Waals surface area (Å²) in [5.74, 6) is -0.264. The quantitative estimate of drug-likeness (QED) is 0.0855. The van der Waals surface area contributed by atoms with Crippen LogP contribution < -0.4 is 14.8 Å². The van der Waals surface area contributed by atoms with Crippen molar-refractivity contribution in [3.05, 3.63) is 96.6 Å². The monoisotopic (exact) mass is 603 g/mol. The molecule has 0 bridgehead atoms. The number of para-hydroxylation sites is 1. The SMILES string of the molecule is O=C(CCC/C=C\C[C@H]1C(=O)C[C@H](O)[C@H]1OCC(O)COc1ccccc1)Oc1ccc(NC(=O)c2ccc(O)cc2)cc1. The van der Waals surface area contributed by atoms with Crippen LogP contribution in [0.3, 0.4) is 0 Å². The Morgan fingerprint density at radius 3 is 2.39 bits per heavy atom. The molecule has 44 heavy (non-hydrogen) atoms. The van der Waals surface area contributed by atoms with Crippen LogP contribution in [0.2, 0.25) is 0 Å². The van der Waals surface area contributed by atoms with Gasteiger partial charge in [-0.15, -0.1) is 0 Å². The number of aliphatic hydroxyl groups excluding tert-OH is 2. The van der Waals surface area contributed by atoms with Gasteiger partial charge in [0.25, 0.3) is 5.91 Å². The van der Waals surface area contributed by atoms with Crippen molar-refractivity contribution >= 4 is 23.3 Å². The fraction of sp³-hybridized carbons (Fsp3) is 0.324. The Labute approximate surface area is 255 Å². The molecular formula is C34H37NO9. The number of ether oxygens (including phenoxy) is 3. The van der Waals surface area contributed by atoms with Crippen molar-refractivity contribution < 1.29 is 43.9 Å². The van der Waals surface area contributed by atoms with Gasteiger partial charge in [-0.25, -0.2) is 0 Å². The first-order valence-corrected chi connectivity index (χ1v) is 14.5. The molecule has 232 valence electrons. The second-order valence-electron chi connectivity index (χ2n) is 10.5. The Hall–Kier alpha value is -4.51. The van der Waals surface area contributed by atoms with Gasteiger partial charge in [-0.3, -0.25) is 14.4 Å². The van der Waals surface area contributed by atoms with Gasteiger partial charge < -0.3 is 34.8 Å². The van der Waals surface area contributed by atoms with Crippen LogP contribution in [-0.4, -0.2) is 64.5 Å². The fourth-order valence-corrected chi connectivity index (χ4v) is 4.73. The summed E-state index contributed by atoms with van der Waals surface area (Å²) in [7, 11) is 0. The van der Waals surface area contributed by atoms with E-state index < -0.39 is 30.2 Å². The number of esters is 1. The minimum Gasteiger partial charge on any atom is -0.508 e. The number of carbonyl (C=O) groups is 3. The van der Waals surface area contributed by atoms with Gasteiger partial charge in [-0.2, -0.15) is 0 Å². The van der Waals surface area contributed by atoms with Crippen molar-refractivity contribution in [2.45, 2.75) is 50.4 Å². The van der Waals surface area contributed by atoms with Crippen LogP contribution in [0.5, 0.6) is 17.2 Å². The molecule has 0 saturated heterocycles. The Morgan fingerprint density at radius 2 is 1.66 bits per heavy atom. The summed E-state index contributed by atoms with van der Waals surface area (Å²) in [6, 6.07) is 21.4. The zero-order valence-electron chi connectivity index (χ0n) is 24.2. The van der Waals surface area contributed by atoms with Crippen molar-refractivity contribution in [3.8, 4) is 17.2 Å². The molecule has 4 N–H and O–H groups in total. The van der Waals surface area contributed by atoms with Gasteiger partial charge in [0.2, 0.25) is 0 Å². The summed E-state index contributed by atoms with van der Waals surface area (Å²) in [4.78, 5) is 37.0. The Kier molecular flexibility index (Phi) is 12.1. The fourth-order valence-electron chi connectivity index (χ4n) is 4.73. The van der Waals surface area contributed by atoms with E-state index >= 15 is 0 Å². The number of unbranched alkanes of at least 4 members (excludes halogenated alkanes) is 1. The van der Waals surface area contributed by atoms with E-state index in [0.717, 1.165) is 0 Å². The number of rotatable bonds is 15. The van der Waals surface area contributed by atoms with E-state index in [4.69, 9.17) is 14.2 Å². The van der Waals surface area contributed by atoms with Gasteiger partial charge in [0.15, 0.2) is 0 Å². The average Bonchev–Trinajstić information content (AvgIpc) is 3.29. The summed E-state index contributed by atoms with van der Waals surface area (Å²) in [6.07, 6.45) is 2.92. The molecule has 10 nitrogen and oxygen atoms in total. The molecule has 0 aromatic heterocycles. The van der Waals surface area contributed by atoms with Gasteiger partial charge >= 0.3 is 5.97 Å². The van der Waals surface area contributed by atoms with Gasteiger partial charge in [0.1, 0.15) is 35.7 Å². The molecule has 0 aliphatic heterocycles. The predicted molar refractivity (Wildman–Crippen MR) is 163 cm³/mol. The molecule has 3 aromatic carbocycles. The molecule has 3 aromatic rings. The lowest BCUT2D eigenvalue weighted by Gasteiger charge is -2.22. The van der Waals surface area contributed by atoms with E-state index in [-0.39, 0.29) is 43.5 Å². The highest BCUT2D eigenvalue weighted by Gasteiger charge is 2.41. The molecule has 1 fully saturated rings. The third-order valence-corrected chi connectivity index (χ3v) is 7.05. The van der Waals surface area contributed by atoms with Crippen molar-refractivity contribution in [2.75, 3.05) is 18.5 Å². The van der Waals surface area contributed by atoms with Gasteiger partial charge in [-0.1, -0.05) is 30.4 Å². The lowest BCUT2D eigenvalue weighted by Crippen LogP contribution is -2.34. The van der Waals surface area contributed by atoms with Crippen LogP contribution >= 0.6 is 0 Å². The first kappa shape index (κ1) is 32.4. The van der Waals surface area contributed by atoms with E-state index in [1.54, 1.807) is 36.4 Å². The minimum atomic E-state index is -0.928. The minimum absolute atomic E-state index is 0.0113. The average molecular weight is 604 g/mol. The Balaban J connectivity index is 1.12. The largest absolute Gasteiger partial charge is 0.508 e. The third-order valence-electron chi connectivity index (χ3n) is 7.05. The number of hydrogen-bond donors (Lipinski definition) is 4. The number of allylic oxidation sites excluding steroid dienone is 2. The molecule has 1 saturated carbocycles. The number of anilines is 1. The van der Waals surface area contributed by atoms with Gasteiger partial charge in [-0.05, 0) is 79.9 Å². The topological polar surface area (TPSA) is 152 Å². The molecule has 1 aliphatic carbocycles. The molecular weight excluding hydrogens is 566 g/mol. The highest BCUT2D eigenvalue weighted by molar-refractivity contribution is 6.04. The number of Topliss-reactive ketones (excluding diaryl/α,β-unsaturated/α-hetero) is 1. The van der Waals surface area contributed by atoms with E-state index in [9.17, 15) is 29.7 Å². The Bertz CT molecular complexity index is 1390. The second-order valence-corrected chi connectivity index (χ2v) is 10.5. The van der Waals surface area contributed by atoms with Crippen LogP contribution in [0, 0.1) is 5.92 Å². The maximum atomic E-state index is 12.4. The molecule has 0 heterocycles. The number of phenolic OH excluding ortho intramolecular Hbond substituents is 1. The highest BCUT2D eigenvalue weighted by Crippen LogP contribution is 2.29. The third kappa shape index (κ3) is 10.0. The molecule has 4 rings (SSSR count). The standard InChI is InChI=1S/C34H37NO9/c36-25-16-12-23(13-17-25)34(41)35-24-14-18-28(19-15-24)44-32(40)11-7-2-1-6-10-29-30(38)20-31(39)33(29)43-22-26(37)21-42-27-8-4-3-5-9-27/h1,3-6,8-9,12-19,26,29,31,33,36-37,39H,2,7,10-11,20-22H2,(H,35,41)/b6-1-/t26?,29-,31-,33-/m0/s1. The molecule has 1 amide bonds. The van der Waals surface area contributed by atoms with Gasteiger partial charge in [0, 0.05) is 30.0 Å².